The van der Waals surface area contributed by atoms with Crippen LogP contribution in [-0.4, -0.2) is 65.4 Å². The van der Waals surface area contributed by atoms with E-state index in [1.807, 2.05) is 18.7 Å². The molecule has 0 radical (unpaired) electrons. The van der Waals surface area contributed by atoms with Crippen molar-refractivity contribution in [2.45, 2.75) is 64.0 Å². The van der Waals surface area contributed by atoms with E-state index in [4.69, 9.17) is 0 Å². The Morgan fingerprint density at radius 3 is 2.69 bits per heavy atom. The zero-order chi connectivity index (χ0) is 18.0. The standard InChI is InChI=1S/C18H30N4O3.ClH/c1-3-10-21(14-7-9-19-11-14)15(23)12-22-16(24)18(20-17(22)25)8-5-4-6-13(18)2;/h13-14,19H,3-12H2,1-2H3,(H,20,25);1H. The van der Waals surface area contributed by atoms with Crippen molar-refractivity contribution in [2.75, 3.05) is 26.2 Å². The van der Waals surface area contributed by atoms with Gasteiger partial charge in [0, 0.05) is 19.1 Å². The topological polar surface area (TPSA) is 81.8 Å². The maximum atomic E-state index is 13.0. The van der Waals surface area contributed by atoms with Gasteiger partial charge in [-0.25, -0.2) is 4.79 Å². The molecule has 0 aromatic heterocycles. The summed E-state index contributed by atoms with van der Waals surface area (Å²) in [4.78, 5) is 41.3. The van der Waals surface area contributed by atoms with Gasteiger partial charge in [0.2, 0.25) is 5.91 Å². The SMILES string of the molecule is CCCN(C(=O)CN1C(=O)NC2(CCCCC2C)C1=O)C1CCNC1.Cl. The maximum absolute atomic E-state index is 13.0. The number of imide groups is 1. The number of carbonyl (C=O) groups is 3. The Morgan fingerprint density at radius 1 is 1.31 bits per heavy atom. The van der Waals surface area contributed by atoms with Gasteiger partial charge in [0.25, 0.3) is 5.91 Å². The highest BCUT2D eigenvalue weighted by atomic mass is 35.5. The van der Waals surface area contributed by atoms with Crippen molar-refractivity contribution < 1.29 is 14.4 Å². The molecule has 148 valence electrons. The first-order valence-corrected chi connectivity index (χ1v) is 9.64. The Bertz CT molecular complexity index is 553. The third kappa shape index (κ3) is 3.69. The Kier molecular flexibility index (Phi) is 6.91. The van der Waals surface area contributed by atoms with Crippen molar-refractivity contribution in [1.82, 2.24) is 20.4 Å². The Labute approximate surface area is 161 Å². The number of halogens is 1. The largest absolute Gasteiger partial charge is 0.337 e. The first kappa shape index (κ1) is 21.0. The van der Waals surface area contributed by atoms with Gasteiger partial charge in [-0.05, 0) is 38.1 Å². The van der Waals surface area contributed by atoms with E-state index in [1.165, 1.54) is 0 Å². The molecule has 2 heterocycles. The predicted octanol–water partition coefficient (Wildman–Crippen LogP) is 1.51. The quantitative estimate of drug-likeness (QED) is 0.702. The lowest BCUT2D eigenvalue weighted by Gasteiger charge is -2.37. The van der Waals surface area contributed by atoms with Gasteiger partial charge >= 0.3 is 6.03 Å². The number of hydrogen-bond acceptors (Lipinski definition) is 4. The van der Waals surface area contributed by atoms with Crippen molar-refractivity contribution >= 4 is 30.3 Å². The molecule has 26 heavy (non-hydrogen) atoms. The molecule has 3 atom stereocenters. The van der Waals surface area contributed by atoms with Gasteiger partial charge in [-0.1, -0.05) is 26.7 Å². The number of amides is 4. The van der Waals surface area contributed by atoms with Gasteiger partial charge in [0.05, 0.1) is 0 Å². The number of urea groups is 1. The fourth-order valence-corrected chi connectivity index (χ4v) is 4.52. The van der Waals surface area contributed by atoms with Gasteiger partial charge < -0.3 is 15.5 Å². The summed E-state index contributed by atoms with van der Waals surface area (Å²) in [5.74, 6) is -0.220. The minimum atomic E-state index is -0.792. The smallest absolute Gasteiger partial charge is 0.325 e. The summed E-state index contributed by atoms with van der Waals surface area (Å²) in [5, 5.41) is 6.19. The molecule has 1 aliphatic carbocycles. The van der Waals surface area contributed by atoms with Crippen molar-refractivity contribution in [3.63, 3.8) is 0 Å². The third-order valence-electron chi connectivity index (χ3n) is 6.05. The molecule has 3 rings (SSSR count). The molecule has 2 aliphatic heterocycles. The summed E-state index contributed by atoms with van der Waals surface area (Å²) in [7, 11) is 0. The molecule has 1 saturated carbocycles. The zero-order valence-corrected chi connectivity index (χ0v) is 16.6. The van der Waals surface area contributed by atoms with E-state index in [-0.39, 0.29) is 42.7 Å². The van der Waals surface area contributed by atoms with E-state index < -0.39 is 11.6 Å². The molecule has 2 N–H and O–H groups in total. The van der Waals surface area contributed by atoms with E-state index in [2.05, 4.69) is 10.6 Å². The van der Waals surface area contributed by atoms with Crippen LogP contribution >= 0.6 is 12.4 Å². The molecule has 2 saturated heterocycles. The second-order valence-corrected chi connectivity index (χ2v) is 7.67. The molecule has 4 amide bonds. The van der Waals surface area contributed by atoms with Crippen LogP contribution in [0.2, 0.25) is 0 Å². The number of hydrogen-bond donors (Lipinski definition) is 2. The lowest BCUT2D eigenvalue weighted by molar-refractivity contribution is -0.141. The molecule has 7 nitrogen and oxygen atoms in total. The van der Waals surface area contributed by atoms with Gasteiger partial charge in [-0.3, -0.25) is 14.5 Å². The van der Waals surface area contributed by atoms with Gasteiger partial charge in [0.1, 0.15) is 12.1 Å². The van der Waals surface area contributed by atoms with Gasteiger partial charge in [-0.15, -0.1) is 12.4 Å². The number of rotatable bonds is 5. The van der Waals surface area contributed by atoms with Crippen LogP contribution in [0.3, 0.4) is 0 Å². The summed E-state index contributed by atoms with van der Waals surface area (Å²) in [6, 6.07) is -0.246. The lowest BCUT2D eigenvalue weighted by Crippen LogP contribution is -2.54. The first-order chi connectivity index (χ1) is 12.0. The van der Waals surface area contributed by atoms with E-state index in [9.17, 15) is 14.4 Å². The van der Waals surface area contributed by atoms with E-state index >= 15 is 0 Å². The molecular formula is C18H31ClN4O3. The molecule has 3 fully saturated rings. The van der Waals surface area contributed by atoms with Crippen LogP contribution in [0.15, 0.2) is 0 Å². The summed E-state index contributed by atoms with van der Waals surface area (Å²) in [6.45, 7) is 6.27. The Balaban J connectivity index is 0.00000243. The van der Waals surface area contributed by atoms with Crippen LogP contribution in [0.1, 0.15) is 52.4 Å². The average molecular weight is 387 g/mol. The third-order valence-corrected chi connectivity index (χ3v) is 6.05. The molecule has 1 spiro atoms. The first-order valence-electron chi connectivity index (χ1n) is 9.64. The molecule has 0 aromatic carbocycles. The summed E-state index contributed by atoms with van der Waals surface area (Å²) < 4.78 is 0. The Morgan fingerprint density at radius 2 is 2.08 bits per heavy atom. The van der Waals surface area contributed by atoms with E-state index in [0.717, 1.165) is 50.1 Å². The monoisotopic (exact) mass is 386 g/mol. The summed E-state index contributed by atoms with van der Waals surface area (Å²) >= 11 is 0. The molecule has 0 aromatic rings. The normalized spacial score (nSPS) is 31.1. The van der Waals surface area contributed by atoms with E-state index in [1.54, 1.807) is 0 Å². The number of carbonyl (C=O) groups excluding carboxylic acids is 3. The summed E-state index contributed by atoms with van der Waals surface area (Å²) in [5.41, 5.74) is -0.792. The van der Waals surface area contributed by atoms with Crippen LogP contribution in [0.5, 0.6) is 0 Å². The van der Waals surface area contributed by atoms with Crippen LogP contribution in [0, 0.1) is 5.92 Å². The highest BCUT2D eigenvalue weighted by Gasteiger charge is 2.55. The molecule has 3 unspecified atom stereocenters. The minimum Gasteiger partial charge on any atom is -0.337 e. The second-order valence-electron chi connectivity index (χ2n) is 7.67. The van der Waals surface area contributed by atoms with E-state index in [0.29, 0.717) is 13.0 Å². The van der Waals surface area contributed by atoms with Crippen molar-refractivity contribution in [3.05, 3.63) is 0 Å². The summed E-state index contributed by atoms with van der Waals surface area (Å²) in [6.07, 6.45) is 5.42. The molecule has 0 bridgehead atoms. The van der Waals surface area contributed by atoms with Gasteiger partial charge in [0.15, 0.2) is 0 Å². The maximum Gasteiger partial charge on any atom is 0.325 e. The zero-order valence-electron chi connectivity index (χ0n) is 15.8. The predicted molar refractivity (Wildman–Crippen MR) is 101 cm³/mol. The van der Waals surface area contributed by atoms with Crippen LogP contribution in [-0.2, 0) is 9.59 Å². The minimum absolute atomic E-state index is 0. The van der Waals surface area contributed by atoms with Crippen LogP contribution in [0.4, 0.5) is 4.79 Å². The van der Waals surface area contributed by atoms with Crippen LogP contribution in [0.25, 0.3) is 0 Å². The van der Waals surface area contributed by atoms with Crippen molar-refractivity contribution in [3.8, 4) is 0 Å². The highest BCUT2D eigenvalue weighted by molar-refractivity contribution is 6.09. The lowest BCUT2D eigenvalue weighted by atomic mass is 9.73. The molecule has 8 heteroatoms. The molecular weight excluding hydrogens is 356 g/mol. The number of nitrogens with zero attached hydrogens (tertiary/aromatic N) is 2. The van der Waals surface area contributed by atoms with Crippen molar-refractivity contribution in [2.24, 2.45) is 5.92 Å². The van der Waals surface area contributed by atoms with Gasteiger partial charge in [-0.2, -0.15) is 0 Å². The van der Waals surface area contributed by atoms with Crippen LogP contribution < -0.4 is 10.6 Å². The fraction of sp³-hybridized carbons (Fsp3) is 0.833. The average Bonchev–Trinajstić information content (AvgIpc) is 3.19. The fourth-order valence-electron chi connectivity index (χ4n) is 4.52. The second kappa shape index (κ2) is 8.57. The van der Waals surface area contributed by atoms with Crippen molar-refractivity contribution in [1.29, 1.82) is 0 Å². The number of nitrogens with one attached hydrogen (secondary N) is 2. The molecule has 3 aliphatic rings. The highest BCUT2D eigenvalue weighted by Crippen LogP contribution is 2.38. The Hall–Kier alpha value is -1.34.